The predicted octanol–water partition coefficient (Wildman–Crippen LogP) is 1.51. The summed E-state index contributed by atoms with van der Waals surface area (Å²) in [6.45, 7) is 0. The molecule has 3 N–H and O–H groups in total. The Kier molecular flexibility index (Phi) is 6.73. The van der Waals surface area contributed by atoms with Gasteiger partial charge in [-0.25, -0.2) is 8.42 Å². The molecular formula is C21H15N4NaO4S. The smallest absolute Gasteiger partial charge is 0.744 e. The van der Waals surface area contributed by atoms with Crippen molar-refractivity contribution in [2.24, 2.45) is 10.2 Å². The van der Waals surface area contributed by atoms with Crippen molar-refractivity contribution < 1.29 is 47.6 Å². The summed E-state index contributed by atoms with van der Waals surface area (Å²) in [4.78, 5) is 3.85. The SMILES string of the molecule is Nc1c(N=Nc2ccc(-c3ccccc3O)nc2)cc(S(=O)(=O)[O-])c2ccccc12.[Na+]. The Labute approximate surface area is 200 Å². The van der Waals surface area contributed by atoms with Gasteiger partial charge in [0.1, 0.15) is 27.2 Å². The standard InChI is InChI=1S/C21H16N4O4S.Na/c22-21-15-6-2-1-5-14(15)20(30(27,28)29)11-18(21)25-24-13-9-10-17(23-12-13)16-7-3-4-8-19(16)26;/h1-12,26H,22H2,(H,27,28,29);/q;+1/p-1. The zero-order chi connectivity index (χ0) is 21.3. The van der Waals surface area contributed by atoms with Crippen molar-refractivity contribution in [2.75, 3.05) is 5.73 Å². The molecule has 0 aliphatic heterocycles. The van der Waals surface area contributed by atoms with Crippen molar-refractivity contribution in [3.05, 3.63) is 72.9 Å². The monoisotopic (exact) mass is 442 g/mol. The summed E-state index contributed by atoms with van der Waals surface area (Å²) < 4.78 is 35.1. The minimum absolute atomic E-state index is 0. The average molecular weight is 442 g/mol. The van der Waals surface area contributed by atoms with E-state index in [-0.39, 0.29) is 52.1 Å². The van der Waals surface area contributed by atoms with E-state index in [0.29, 0.717) is 22.3 Å². The molecule has 1 heterocycles. The second-order valence-corrected chi connectivity index (χ2v) is 7.77. The normalized spacial score (nSPS) is 11.5. The van der Waals surface area contributed by atoms with Gasteiger partial charge in [-0.15, -0.1) is 10.2 Å². The Hall–Kier alpha value is -2.82. The maximum atomic E-state index is 11.7. The van der Waals surface area contributed by atoms with Crippen molar-refractivity contribution in [2.45, 2.75) is 4.90 Å². The summed E-state index contributed by atoms with van der Waals surface area (Å²) in [5, 5.41) is 18.6. The fourth-order valence-electron chi connectivity index (χ4n) is 3.05. The number of nitrogen functional groups attached to an aromatic ring is 1. The Morgan fingerprint density at radius 1 is 0.935 bits per heavy atom. The number of hydrogen-bond donors (Lipinski definition) is 2. The van der Waals surface area contributed by atoms with Crippen LogP contribution in [0, 0.1) is 0 Å². The molecule has 8 nitrogen and oxygen atoms in total. The number of para-hydroxylation sites is 1. The van der Waals surface area contributed by atoms with Gasteiger partial charge in [0.2, 0.25) is 0 Å². The molecule has 0 atom stereocenters. The third-order valence-electron chi connectivity index (χ3n) is 4.50. The van der Waals surface area contributed by atoms with Crippen LogP contribution in [0.5, 0.6) is 5.75 Å². The molecule has 3 aromatic carbocycles. The molecule has 0 spiro atoms. The number of fused-ring (bicyclic) bond motifs is 1. The summed E-state index contributed by atoms with van der Waals surface area (Å²) >= 11 is 0. The largest absolute Gasteiger partial charge is 1.00 e. The molecule has 4 aromatic rings. The molecule has 0 unspecified atom stereocenters. The molecule has 0 saturated heterocycles. The number of phenolic OH excluding ortho intramolecular Hbond substituents is 1. The van der Waals surface area contributed by atoms with E-state index in [1.165, 1.54) is 12.3 Å². The van der Waals surface area contributed by atoms with Crippen molar-refractivity contribution in [3.63, 3.8) is 0 Å². The van der Waals surface area contributed by atoms with Crippen LogP contribution in [-0.4, -0.2) is 23.1 Å². The molecule has 10 heteroatoms. The predicted molar refractivity (Wildman–Crippen MR) is 112 cm³/mol. The van der Waals surface area contributed by atoms with Crippen LogP contribution < -0.4 is 35.3 Å². The maximum Gasteiger partial charge on any atom is 1.00 e. The summed E-state index contributed by atoms with van der Waals surface area (Å²) in [5.41, 5.74) is 7.90. The van der Waals surface area contributed by atoms with Crippen molar-refractivity contribution in [3.8, 4) is 17.0 Å². The topological polar surface area (TPSA) is 141 Å². The number of aromatic nitrogens is 1. The van der Waals surface area contributed by atoms with Crippen LogP contribution in [0.2, 0.25) is 0 Å². The molecule has 1 aromatic heterocycles. The fourth-order valence-corrected chi connectivity index (χ4v) is 3.75. The Balaban J connectivity index is 0.00000272. The summed E-state index contributed by atoms with van der Waals surface area (Å²) in [6.07, 6.45) is 1.45. The van der Waals surface area contributed by atoms with Gasteiger partial charge >= 0.3 is 29.6 Å². The number of azo groups is 1. The first-order valence-corrected chi connectivity index (χ1v) is 10.2. The number of aromatic hydroxyl groups is 1. The van der Waals surface area contributed by atoms with Gasteiger partial charge in [-0.05, 0) is 30.3 Å². The molecule has 0 aliphatic rings. The van der Waals surface area contributed by atoms with Crippen LogP contribution in [0.1, 0.15) is 0 Å². The summed E-state index contributed by atoms with van der Waals surface area (Å²) in [5.74, 6) is 0.106. The fraction of sp³-hybridized carbons (Fsp3) is 0. The molecule has 0 radical (unpaired) electrons. The van der Waals surface area contributed by atoms with Crippen LogP contribution in [-0.2, 0) is 10.1 Å². The van der Waals surface area contributed by atoms with Crippen molar-refractivity contribution in [1.82, 2.24) is 4.98 Å². The zero-order valence-corrected chi connectivity index (χ0v) is 19.2. The molecule has 31 heavy (non-hydrogen) atoms. The number of benzene rings is 3. The Bertz CT molecular complexity index is 1390. The minimum Gasteiger partial charge on any atom is -0.744 e. The van der Waals surface area contributed by atoms with Crippen LogP contribution in [0.4, 0.5) is 17.1 Å². The third-order valence-corrected chi connectivity index (χ3v) is 5.37. The first-order chi connectivity index (χ1) is 14.3. The number of nitrogens with two attached hydrogens (primary N) is 1. The number of anilines is 1. The van der Waals surface area contributed by atoms with Crippen molar-refractivity contribution >= 4 is 38.0 Å². The van der Waals surface area contributed by atoms with Crippen LogP contribution in [0.25, 0.3) is 22.0 Å². The molecule has 4 rings (SSSR count). The number of hydrogen-bond acceptors (Lipinski definition) is 8. The van der Waals surface area contributed by atoms with E-state index < -0.39 is 15.0 Å². The van der Waals surface area contributed by atoms with E-state index in [0.717, 1.165) is 6.07 Å². The van der Waals surface area contributed by atoms with Crippen molar-refractivity contribution in [1.29, 1.82) is 0 Å². The molecular weight excluding hydrogens is 427 g/mol. The Morgan fingerprint density at radius 2 is 1.61 bits per heavy atom. The quantitative estimate of drug-likeness (QED) is 0.212. The number of phenols is 1. The molecule has 0 fully saturated rings. The maximum absolute atomic E-state index is 11.7. The van der Waals surface area contributed by atoms with Gasteiger partial charge in [0, 0.05) is 16.3 Å². The van der Waals surface area contributed by atoms with E-state index in [2.05, 4.69) is 15.2 Å². The van der Waals surface area contributed by atoms with Gasteiger partial charge in [0.05, 0.1) is 22.5 Å². The second-order valence-electron chi connectivity index (χ2n) is 6.43. The number of nitrogens with zero attached hydrogens (tertiary/aromatic N) is 3. The van der Waals surface area contributed by atoms with Crippen LogP contribution >= 0.6 is 0 Å². The van der Waals surface area contributed by atoms with Crippen LogP contribution in [0.3, 0.4) is 0 Å². The second kappa shape index (κ2) is 9.13. The first kappa shape index (κ1) is 22.9. The average Bonchev–Trinajstić information content (AvgIpc) is 2.73. The Morgan fingerprint density at radius 3 is 2.26 bits per heavy atom. The zero-order valence-electron chi connectivity index (χ0n) is 16.4. The van der Waals surface area contributed by atoms with E-state index in [9.17, 15) is 18.1 Å². The van der Waals surface area contributed by atoms with Gasteiger partial charge in [-0.1, -0.05) is 36.4 Å². The van der Waals surface area contributed by atoms with Crippen LogP contribution in [0.15, 0.2) is 88.1 Å². The molecule has 0 saturated carbocycles. The first-order valence-electron chi connectivity index (χ1n) is 8.78. The molecule has 0 aliphatic carbocycles. The summed E-state index contributed by atoms with van der Waals surface area (Å²) in [7, 11) is -4.74. The van der Waals surface area contributed by atoms with Gasteiger partial charge in [-0.2, -0.15) is 0 Å². The number of rotatable bonds is 4. The van der Waals surface area contributed by atoms with E-state index in [1.54, 1.807) is 54.6 Å². The minimum atomic E-state index is -4.74. The van der Waals surface area contributed by atoms with Gasteiger partial charge in [-0.3, -0.25) is 4.98 Å². The van der Waals surface area contributed by atoms with E-state index in [4.69, 9.17) is 5.73 Å². The third kappa shape index (κ3) is 4.76. The molecule has 0 bridgehead atoms. The van der Waals surface area contributed by atoms with Gasteiger partial charge in [0.25, 0.3) is 0 Å². The van der Waals surface area contributed by atoms with E-state index >= 15 is 0 Å². The molecule has 0 amide bonds. The number of pyridine rings is 1. The van der Waals surface area contributed by atoms with Gasteiger partial charge < -0.3 is 15.4 Å². The summed E-state index contributed by atoms with van der Waals surface area (Å²) in [6, 6.07) is 17.7. The van der Waals surface area contributed by atoms with E-state index in [1.807, 2.05) is 0 Å². The molecule has 150 valence electrons. The van der Waals surface area contributed by atoms with Gasteiger partial charge in [0.15, 0.2) is 0 Å².